The van der Waals surface area contributed by atoms with E-state index >= 15 is 0 Å². The number of amidine groups is 1. The van der Waals surface area contributed by atoms with Crippen molar-refractivity contribution < 1.29 is 14.7 Å². The molecular formula is C29H36N8O3. The summed E-state index contributed by atoms with van der Waals surface area (Å²) in [7, 11) is 1.72. The Hall–Kier alpha value is -3.96. The summed E-state index contributed by atoms with van der Waals surface area (Å²) in [6, 6.07) is 11.8. The van der Waals surface area contributed by atoms with Gasteiger partial charge in [-0.1, -0.05) is 30.3 Å². The summed E-state index contributed by atoms with van der Waals surface area (Å²) in [5.41, 5.74) is 16.1. The predicted octanol–water partition coefficient (Wildman–Crippen LogP) is 3.99. The topological polar surface area (TPSA) is 151 Å². The van der Waals surface area contributed by atoms with Gasteiger partial charge in [-0.2, -0.15) is 14.7 Å². The number of nitrogens with two attached hydrogens (primary N) is 2. The van der Waals surface area contributed by atoms with Crippen LogP contribution in [0.1, 0.15) is 50.6 Å². The molecule has 3 heterocycles. The summed E-state index contributed by atoms with van der Waals surface area (Å²) < 4.78 is 15.6. The summed E-state index contributed by atoms with van der Waals surface area (Å²) in [5, 5.41) is 22.0. The number of nitrogens with zero attached hydrogens (tertiary/aromatic N) is 6. The van der Waals surface area contributed by atoms with Crippen molar-refractivity contribution in [2.45, 2.75) is 56.7 Å². The molecule has 5 N–H and O–H groups in total. The van der Waals surface area contributed by atoms with Crippen LogP contribution in [0.2, 0.25) is 0 Å². The van der Waals surface area contributed by atoms with Crippen molar-refractivity contribution in [3.63, 3.8) is 0 Å². The summed E-state index contributed by atoms with van der Waals surface area (Å²) in [6.07, 6.45) is 9.42. The lowest BCUT2D eigenvalue weighted by Crippen LogP contribution is -2.50. The van der Waals surface area contributed by atoms with Crippen LogP contribution in [0.5, 0.6) is 0 Å². The van der Waals surface area contributed by atoms with Crippen LogP contribution in [-0.2, 0) is 9.47 Å². The van der Waals surface area contributed by atoms with E-state index in [-0.39, 0.29) is 17.9 Å². The number of methoxy groups -OCH3 is 1. The van der Waals surface area contributed by atoms with Gasteiger partial charge in [0.1, 0.15) is 11.4 Å². The van der Waals surface area contributed by atoms with Crippen molar-refractivity contribution in [3.05, 3.63) is 60.7 Å². The number of anilines is 1. The van der Waals surface area contributed by atoms with Crippen LogP contribution < -0.4 is 11.5 Å². The lowest BCUT2D eigenvalue weighted by Gasteiger charge is -2.39. The average molecular weight is 545 g/mol. The smallest absolute Gasteiger partial charge is 0.171 e. The molecule has 0 amide bonds. The lowest BCUT2D eigenvalue weighted by molar-refractivity contribution is -0.0783. The van der Waals surface area contributed by atoms with E-state index in [0.717, 1.165) is 41.8 Å². The third kappa shape index (κ3) is 4.79. The van der Waals surface area contributed by atoms with E-state index < -0.39 is 5.60 Å². The third-order valence-corrected chi connectivity index (χ3v) is 8.70. The van der Waals surface area contributed by atoms with Gasteiger partial charge in [-0.25, -0.2) is 9.67 Å². The van der Waals surface area contributed by atoms with Gasteiger partial charge in [-0.05, 0) is 56.1 Å². The van der Waals surface area contributed by atoms with Gasteiger partial charge < -0.3 is 26.1 Å². The number of hydrogen-bond acceptors (Lipinski definition) is 8. The molecule has 2 fully saturated rings. The Labute approximate surface area is 232 Å². The Morgan fingerprint density at radius 1 is 1.20 bits per heavy atom. The second-order valence-electron chi connectivity index (χ2n) is 11.1. The van der Waals surface area contributed by atoms with Crippen molar-refractivity contribution in [1.29, 1.82) is 0 Å². The zero-order valence-electron chi connectivity index (χ0n) is 22.8. The molecule has 0 bridgehead atoms. The number of fused-ring (bicyclic) bond motifs is 1. The van der Waals surface area contributed by atoms with Crippen molar-refractivity contribution in [2.24, 2.45) is 22.7 Å². The number of benzene rings is 1. The van der Waals surface area contributed by atoms with Crippen LogP contribution in [0, 0.1) is 11.8 Å². The monoisotopic (exact) mass is 544 g/mol. The second-order valence-corrected chi connectivity index (χ2v) is 11.1. The van der Waals surface area contributed by atoms with E-state index in [1.165, 1.54) is 0 Å². The van der Waals surface area contributed by atoms with Gasteiger partial charge >= 0.3 is 0 Å². The number of rotatable bonds is 9. The number of nitrogen functional groups attached to an aromatic ring is 1. The molecule has 2 unspecified atom stereocenters. The van der Waals surface area contributed by atoms with Crippen LogP contribution in [0.15, 0.2) is 60.1 Å². The molecule has 1 aromatic carbocycles. The average Bonchev–Trinajstić information content (AvgIpc) is 3.34. The standard InChI is InChI=1S/C29H36N8O3/c1-18-12-22(18)25(39-2)17-40-29(28(31)35-38)10-8-19(9-11-29)24-13-26(30)37-27(34-24)23(15-33-37)20-14-32-36(16-20)21-6-4-3-5-7-21/h3-7,13-16,18-19,22,25,38H,8-12,17,30H2,1-2H3,(H2,31,35)/t18?,19?,22-,25?,29?/m0/s1. The normalized spacial score (nSPS) is 25.8. The molecule has 0 saturated heterocycles. The quantitative estimate of drug-likeness (QED) is 0.124. The summed E-state index contributed by atoms with van der Waals surface area (Å²) in [6.45, 7) is 2.64. The minimum absolute atomic E-state index is 0.00602. The molecular weight excluding hydrogens is 508 g/mol. The molecule has 4 aromatic rings. The zero-order valence-corrected chi connectivity index (χ0v) is 22.8. The molecule has 210 valence electrons. The summed E-state index contributed by atoms with van der Waals surface area (Å²) in [5.74, 6) is 1.91. The van der Waals surface area contributed by atoms with Gasteiger partial charge in [0, 0.05) is 42.1 Å². The fourth-order valence-corrected chi connectivity index (χ4v) is 6.02. The molecule has 11 heteroatoms. The Bertz CT molecular complexity index is 1510. The molecule has 0 aliphatic heterocycles. The molecule has 0 spiro atoms. The molecule has 0 radical (unpaired) electrons. The highest BCUT2D eigenvalue weighted by molar-refractivity contribution is 5.88. The first-order valence-electron chi connectivity index (χ1n) is 13.8. The van der Waals surface area contributed by atoms with Crippen molar-refractivity contribution >= 4 is 17.3 Å². The molecule has 2 saturated carbocycles. The largest absolute Gasteiger partial charge is 0.409 e. The highest BCUT2D eigenvalue weighted by atomic mass is 16.5. The van der Waals surface area contributed by atoms with E-state index in [0.29, 0.717) is 42.7 Å². The Balaban J connectivity index is 1.22. The second kappa shape index (κ2) is 10.5. The summed E-state index contributed by atoms with van der Waals surface area (Å²) in [4.78, 5) is 5.03. The van der Waals surface area contributed by atoms with Crippen LogP contribution in [0.3, 0.4) is 0 Å². The number of aromatic nitrogens is 5. The highest BCUT2D eigenvalue weighted by Gasteiger charge is 2.45. The van der Waals surface area contributed by atoms with Gasteiger partial charge in [-0.15, -0.1) is 0 Å². The minimum Gasteiger partial charge on any atom is -0.409 e. The Morgan fingerprint density at radius 3 is 2.62 bits per heavy atom. The molecule has 2 aliphatic rings. The number of ether oxygens (including phenoxy) is 2. The van der Waals surface area contributed by atoms with Gasteiger partial charge in [0.15, 0.2) is 11.5 Å². The lowest BCUT2D eigenvalue weighted by atomic mass is 9.76. The van der Waals surface area contributed by atoms with Crippen LogP contribution in [0.4, 0.5) is 5.82 Å². The highest BCUT2D eigenvalue weighted by Crippen LogP contribution is 2.44. The van der Waals surface area contributed by atoms with Crippen LogP contribution in [-0.4, -0.2) is 60.8 Å². The van der Waals surface area contributed by atoms with Gasteiger partial charge in [-0.3, -0.25) is 0 Å². The number of oxime groups is 1. The maximum Gasteiger partial charge on any atom is 0.171 e. The van der Waals surface area contributed by atoms with Crippen LogP contribution in [0.25, 0.3) is 22.5 Å². The first kappa shape index (κ1) is 26.3. The van der Waals surface area contributed by atoms with E-state index in [1.54, 1.807) is 17.8 Å². The van der Waals surface area contributed by atoms with Gasteiger partial charge in [0.25, 0.3) is 0 Å². The fraction of sp³-hybridized carbons (Fsp3) is 0.448. The molecule has 2 aliphatic carbocycles. The first-order valence-corrected chi connectivity index (χ1v) is 13.8. The van der Waals surface area contributed by atoms with Crippen molar-refractivity contribution in [3.8, 4) is 16.8 Å². The maximum atomic E-state index is 9.57. The predicted molar refractivity (Wildman–Crippen MR) is 151 cm³/mol. The molecule has 3 atom stereocenters. The Morgan fingerprint density at radius 2 is 1.95 bits per heavy atom. The SMILES string of the molecule is COC(COC1(/C(N)=N/O)CCC(c2cc(N)n3ncc(-c4cnn(-c5ccccc5)c4)c3n2)CC1)[C@H]1CC1C. The fourth-order valence-electron chi connectivity index (χ4n) is 6.02. The van der Waals surface area contributed by atoms with E-state index in [4.69, 9.17) is 25.9 Å². The van der Waals surface area contributed by atoms with E-state index in [1.807, 2.05) is 53.5 Å². The van der Waals surface area contributed by atoms with Gasteiger partial charge in [0.2, 0.25) is 0 Å². The third-order valence-electron chi connectivity index (χ3n) is 8.70. The molecule has 6 rings (SSSR count). The zero-order chi connectivity index (χ0) is 27.9. The minimum atomic E-state index is -0.830. The van der Waals surface area contributed by atoms with Crippen molar-refractivity contribution in [1.82, 2.24) is 24.4 Å². The maximum absolute atomic E-state index is 9.57. The van der Waals surface area contributed by atoms with Crippen LogP contribution >= 0.6 is 0 Å². The number of hydrogen-bond donors (Lipinski definition) is 3. The molecule has 11 nitrogen and oxygen atoms in total. The summed E-state index contributed by atoms with van der Waals surface area (Å²) >= 11 is 0. The Kier molecular flexibility index (Phi) is 6.93. The molecule has 40 heavy (non-hydrogen) atoms. The van der Waals surface area contributed by atoms with E-state index in [9.17, 15) is 5.21 Å². The number of para-hydroxylation sites is 1. The first-order chi connectivity index (χ1) is 19.4. The van der Waals surface area contributed by atoms with E-state index in [2.05, 4.69) is 22.3 Å². The molecule has 3 aromatic heterocycles. The van der Waals surface area contributed by atoms with Crippen molar-refractivity contribution in [2.75, 3.05) is 19.5 Å². The van der Waals surface area contributed by atoms with Gasteiger partial charge in [0.05, 0.1) is 30.8 Å².